The van der Waals surface area contributed by atoms with Gasteiger partial charge in [-0.3, -0.25) is 4.79 Å². The molecule has 3 amide bonds. The maximum absolute atomic E-state index is 11.1. The summed E-state index contributed by atoms with van der Waals surface area (Å²) in [6.45, 7) is 1.74. The van der Waals surface area contributed by atoms with Crippen LogP contribution in [-0.2, 0) is 9.59 Å². The van der Waals surface area contributed by atoms with Crippen molar-refractivity contribution in [3.8, 4) is 0 Å². The van der Waals surface area contributed by atoms with Gasteiger partial charge in [0.2, 0.25) is 5.91 Å². The van der Waals surface area contributed by atoms with Crippen LogP contribution >= 0.6 is 0 Å². The lowest BCUT2D eigenvalue weighted by Gasteiger charge is -2.12. The van der Waals surface area contributed by atoms with Gasteiger partial charge in [0.15, 0.2) is 0 Å². The highest BCUT2D eigenvalue weighted by molar-refractivity contribution is 5.82. The number of hydrogen-bond donors (Lipinski definition) is 4. The summed E-state index contributed by atoms with van der Waals surface area (Å²) in [6, 6.07) is -1.54. The van der Waals surface area contributed by atoms with Crippen molar-refractivity contribution in [1.29, 1.82) is 0 Å². The first-order valence-corrected chi connectivity index (χ1v) is 4.52. The Bertz CT molecular complexity index is 254. The van der Waals surface area contributed by atoms with Crippen LogP contribution in [0.4, 0.5) is 4.79 Å². The van der Waals surface area contributed by atoms with Crippen molar-refractivity contribution in [2.45, 2.75) is 25.8 Å². The zero-order valence-electron chi connectivity index (χ0n) is 8.45. The minimum atomic E-state index is -1.09. The van der Waals surface area contributed by atoms with Gasteiger partial charge in [0.25, 0.3) is 0 Å². The summed E-state index contributed by atoms with van der Waals surface area (Å²) in [5.74, 6) is -1.62. The third kappa shape index (κ3) is 6.30. The lowest BCUT2D eigenvalue weighted by Crippen LogP contribution is -2.46. The maximum Gasteiger partial charge on any atom is 0.326 e. The van der Waals surface area contributed by atoms with Crippen molar-refractivity contribution in [2.24, 2.45) is 5.73 Å². The molecular formula is C8H15N3O4. The average Bonchev–Trinajstić information content (AvgIpc) is 2.13. The molecule has 1 atom stereocenters. The number of urea groups is 1. The average molecular weight is 217 g/mol. The van der Waals surface area contributed by atoms with Crippen LogP contribution < -0.4 is 16.4 Å². The monoisotopic (exact) mass is 217 g/mol. The molecule has 0 bridgehead atoms. The summed E-state index contributed by atoms with van der Waals surface area (Å²) < 4.78 is 0. The number of carboxylic acid groups (broad SMARTS) is 1. The molecule has 0 saturated heterocycles. The highest BCUT2D eigenvalue weighted by Gasteiger charge is 2.16. The number of hydrogen-bond acceptors (Lipinski definition) is 3. The van der Waals surface area contributed by atoms with E-state index < -0.39 is 23.9 Å². The molecule has 0 aliphatic carbocycles. The molecule has 0 radical (unpaired) electrons. The quantitative estimate of drug-likeness (QED) is 0.457. The molecule has 5 N–H and O–H groups in total. The van der Waals surface area contributed by atoms with E-state index in [-0.39, 0.29) is 13.0 Å². The van der Waals surface area contributed by atoms with Crippen molar-refractivity contribution in [1.82, 2.24) is 10.6 Å². The van der Waals surface area contributed by atoms with Gasteiger partial charge in [0, 0.05) is 13.0 Å². The number of nitrogens with two attached hydrogens (primary N) is 1. The first-order valence-electron chi connectivity index (χ1n) is 4.52. The third-order valence-electron chi connectivity index (χ3n) is 1.67. The fraction of sp³-hybridized carbons (Fsp3) is 0.625. The maximum atomic E-state index is 11.1. The molecule has 15 heavy (non-hydrogen) atoms. The molecule has 0 aliphatic heterocycles. The standard InChI is InChI=1S/C8H15N3O4/c1-2-5(7(13)14)11-8(15)10-4-3-6(9)12/h5H,2-4H2,1H3,(H2,9,12)(H,13,14)(H2,10,11,15)/t5-/m1/s1. The van der Waals surface area contributed by atoms with E-state index in [0.29, 0.717) is 6.42 Å². The Balaban J connectivity index is 3.81. The van der Waals surface area contributed by atoms with Crippen molar-refractivity contribution >= 4 is 17.9 Å². The third-order valence-corrected chi connectivity index (χ3v) is 1.67. The van der Waals surface area contributed by atoms with E-state index in [0.717, 1.165) is 0 Å². The molecular weight excluding hydrogens is 202 g/mol. The molecule has 0 rings (SSSR count). The highest BCUT2D eigenvalue weighted by atomic mass is 16.4. The Labute approximate surface area is 87.0 Å². The van der Waals surface area contributed by atoms with Gasteiger partial charge < -0.3 is 21.5 Å². The van der Waals surface area contributed by atoms with Crippen molar-refractivity contribution < 1.29 is 19.5 Å². The van der Waals surface area contributed by atoms with Gasteiger partial charge in [-0.2, -0.15) is 0 Å². The van der Waals surface area contributed by atoms with Crippen LogP contribution in [0.2, 0.25) is 0 Å². The van der Waals surface area contributed by atoms with E-state index in [1.807, 2.05) is 0 Å². The van der Waals surface area contributed by atoms with E-state index >= 15 is 0 Å². The number of amides is 3. The van der Waals surface area contributed by atoms with Gasteiger partial charge in [-0.25, -0.2) is 9.59 Å². The second-order valence-electron chi connectivity index (χ2n) is 2.92. The summed E-state index contributed by atoms with van der Waals surface area (Å²) in [5.41, 5.74) is 4.85. The summed E-state index contributed by atoms with van der Waals surface area (Å²) in [4.78, 5) is 31.9. The van der Waals surface area contributed by atoms with Gasteiger partial charge in [-0.15, -0.1) is 0 Å². The molecule has 7 nitrogen and oxygen atoms in total. The first kappa shape index (κ1) is 13.2. The molecule has 86 valence electrons. The minimum absolute atomic E-state index is 0.0251. The molecule has 0 aromatic heterocycles. The molecule has 0 aromatic rings. The predicted molar refractivity (Wildman–Crippen MR) is 52.1 cm³/mol. The highest BCUT2D eigenvalue weighted by Crippen LogP contribution is 1.90. The molecule has 0 spiro atoms. The molecule has 7 heteroatoms. The summed E-state index contributed by atoms with van der Waals surface area (Å²) in [5, 5.41) is 13.2. The minimum Gasteiger partial charge on any atom is -0.480 e. The van der Waals surface area contributed by atoms with Crippen LogP contribution in [0.5, 0.6) is 0 Å². The number of primary amides is 1. The normalized spacial score (nSPS) is 11.5. The topological polar surface area (TPSA) is 122 Å². The van der Waals surface area contributed by atoms with Crippen molar-refractivity contribution in [3.05, 3.63) is 0 Å². The summed E-state index contributed by atoms with van der Waals surface area (Å²) in [7, 11) is 0. The van der Waals surface area contributed by atoms with Gasteiger partial charge >= 0.3 is 12.0 Å². The zero-order valence-corrected chi connectivity index (χ0v) is 8.45. The zero-order chi connectivity index (χ0) is 11.8. The Morgan fingerprint density at radius 3 is 2.40 bits per heavy atom. The number of carbonyl (C=O) groups excluding carboxylic acids is 2. The Kier molecular flexibility index (Phi) is 5.84. The second kappa shape index (κ2) is 6.63. The predicted octanol–water partition coefficient (Wildman–Crippen LogP) is -0.976. The van der Waals surface area contributed by atoms with E-state index in [4.69, 9.17) is 10.8 Å². The Morgan fingerprint density at radius 2 is 2.00 bits per heavy atom. The molecule has 0 saturated carbocycles. The van der Waals surface area contributed by atoms with Gasteiger partial charge in [0.1, 0.15) is 6.04 Å². The summed E-state index contributed by atoms with van der Waals surface area (Å²) >= 11 is 0. The lowest BCUT2D eigenvalue weighted by atomic mass is 10.2. The Hall–Kier alpha value is -1.79. The molecule has 0 heterocycles. The van der Waals surface area contributed by atoms with Crippen molar-refractivity contribution in [3.63, 3.8) is 0 Å². The van der Waals surface area contributed by atoms with Crippen LogP contribution in [0.3, 0.4) is 0 Å². The van der Waals surface area contributed by atoms with Crippen LogP contribution in [0.25, 0.3) is 0 Å². The van der Waals surface area contributed by atoms with E-state index in [1.165, 1.54) is 0 Å². The van der Waals surface area contributed by atoms with Gasteiger partial charge in [-0.1, -0.05) is 6.92 Å². The molecule has 0 aromatic carbocycles. The SMILES string of the molecule is CC[C@@H](NC(=O)NCCC(N)=O)C(=O)O. The fourth-order valence-electron chi connectivity index (χ4n) is 0.847. The van der Waals surface area contributed by atoms with E-state index in [1.54, 1.807) is 6.92 Å². The molecule has 0 fully saturated rings. The van der Waals surface area contributed by atoms with E-state index in [9.17, 15) is 14.4 Å². The smallest absolute Gasteiger partial charge is 0.326 e. The van der Waals surface area contributed by atoms with Crippen molar-refractivity contribution in [2.75, 3.05) is 6.54 Å². The van der Waals surface area contributed by atoms with Crippen LogP contribution in [0, 0.1) is 0 Å². The summed E-state index contributed by atoms with van der Waals surface area (Å²) in [6.07, 6.45) is 0.315. The number of rotatable bonds is 6. The second-order valence-corrected chi connectivity index (χ2v) is 2.92. The number of nitrogens with one attached hydrogen (secondary N) is 2. The number of carbonyl (C=O) groups is 3. The number of carboxylic acids is 1. The van der Waals surface area contributed by atoms with Crippen LogP contribution in [0.15, 0.2) is 0 Å². The molecule has 0 aliphatic rings. The first-order chi connectivity index (χ1) is 6.97. The largest absolute Gasteiger partial charge is 0.480 e. The van der Waals surface area contributed by atoms with E-state index in [2.05, 4.69) is 10.6 Å². The number of aliphatic carboxylic acids is 1. The van der Waals surface area contributed by atoms with Gasteiger partial charge in [-0.05, 0) is 6.42 Å². The lowest BCUT2D eigenvalue weighted by molar-refractivity contribution is -0.139. The fourth-order valence-corrected chi connectivity index (χ4v) is 0.847. The Morgan fingerprint density at radius 1 is 1.40 bits per heavy atom. The van der Waals surface area contributed by atoms with Gasteiger partial charge in [0.05, 0.1) is 0 Å². The molecule has 0 unspecified atom stereocenters. The van der Waals surface area contributed by atoms with Crippen LogP contribution in [-0.4, -0.2) is 35.6 Å². The van der Waals surface area contributed by atoms with Crippen LogP contribution in [0.1, 0.15) is 19.8 Å².